The lowest BCUT2D eigenvalue weighted by molar-refractivity contribution is 0.563. The summed E-state index contributed by atoms with van der Waals surface area (Å²) in [4.78, 5) is 10.5. The molecule has 73 valence electrons. The second-order valence-electron chi connectivity index (χ2n) is 3.55. The molecule has 0 saturated carbocycles. The zero-order valence-corrected chi connectivity index (χ0v) is 8.53. The van der Waals surface area contributed by atoms with Crippen molar-refractivity contribution in [3.8, 4) is 11.1 Å². The van der Waals surface area contributed by atoms with E-state index in [1.165, 1.54) is 5.56 Å². The van der Waals surface area contributed by atoms with Crippen LogP contribution >= 0.6 is 0 Å². The van der Waals surface area contributed by atoms with Gasteiger partial charge in [-0.2, -0.15) is 0 Å². The number of carbonyl (C=O) groups excluding carboxylic acids is 1. The Kier molecular flexibility index (Phi) is 2.64. The molecule has 1 heteroatoms. The lowest BCUT2D eigenvalue weighted by atomic mass is 10.0. The average Bonchev–Trinajstić information content (AvgIpc) is 2.30. The third kappa shape index (κ3) is 2.13. The Balaban J connectivity index is 2.44. The average molecular weight is 195 g/mol. The summed E-state index contributed by atoms with van der Waals surface area (Å²) in [7, 11) is 0. The molecule has 0 bridgehead atoms. The van der Waals surface area contributed by atoms with E-state index in [0.29, 0.717) is 5.56 Å². The van der Waals surface area contributed by atoms with E-state index in [4.69, 9.17) is 0 Å². The number of hydrogen-bond acceptors (Lipinski definition) is 1. The second-order valence-corrected chi connectivity index (χ2v) is 3.55. The maximum atomic E-state index is 10.5. The van der Waals surface area contributed by atoms with E-state index in [-0.39, 0.29) is 0 Å². The molecule has 0 unspecified atom stereocenters. The van der Waals surface area contributed by atoms with Crippen LogP contribution in [0.15, 0.2) is 48.5 Å². The summed E-state index contributed by atoms with van der Waals surface area (Å²) in [5.41, 5.74) is 4.00. The van der Waals surface area contributed by atoms with Gasteiger partial charge >= 0.3 is 0 Å². The van der Waals surface area contributed by atoms with Crippen LogP contribution in [-0.4, -0.2) is 6.29 Å². The molecule has 0 heterocycles. The molecule has 0 aromatic heterocycles. The second kappa shape index (κ2) is 4.09. The molecule has 2 aromatic rings. The number of benzene rings is 2. The molecule has 0 saturated heterocycles. The number of hydrogen-bond donors (Lipinski definition) is 0. The van der Waals surface area contributed by atoms with Gasteiger partial charge in [-0.3, -0.25) is 4.79 Å². The van der Waals surface area contributed by atoms with Crippen molar-refractivity contribution in [2.45, 2.75) is 6.92 Å². The first-order valence-corrected chi connectivity index (χ1v) is 4.85. The molecule has 0 aliphatic carbocycles. The van der Waals surface area contributed by atoms with Crippen LogP contribution in [-0.2, 0) is 4.79 Å². The van der Waals surface area contributed by atoms with Gasteiger partial charge < -0.3 is 0 Å². The Morgan fingerprint density at radius 3 is 2.33 bits per heavy atom. The third-order valence-electron chi connectivity index (χ3n) is 2.37. The van der Waals surface area contributed by atoms with Crippen LogP contribution in [0.4, 0.5) is 0 Å². The summed E-state index contributed by atoms with van der Waals surface area (Å²) in [5.74, 6) is 0. The quantitative estimate of drug-likeness (QED) is 0.719. The Labute approximate surface area is 89.4 Å². The van der Waals surface area contributed by atoms with Gasteiger partial charge in [0.2, 0.25) is 6.29 Å². The predicted octanol–water partition coefficient (Wildman–Crippen LogP) is 3.12. The lowest BCUT2D eigenvalue weighted by Crippen LogP contribution is -1.82. The van der Waals surface area contributed by atoms with Gasteiger partial charge in [-0.1, -0.05) is 48.0 Å². The first kappa shape index (κ1) is 9.66. The number of rotatable bonds is 2. The highest BCUT2D eigenvalue weighted by molar-refractivity contribution is 5.79. The van der Waals surface area contributed by atoms with Gasteiger partial charge in [0.05, 0.1) is 0 Å². The Bertz CT molecular complexity index is 469. The summed E-state index contributed by atoms with van der Waals surface area (Å²) in [6, 6.07) is 15.7. The monoisotopic (exact) mass is 195 g/mol. The summed E-state index contributed by atoms with van der Waals surface area (Å²) in [6.07, 6.45) is 1.90. The van der Waals surface area contributed by atoms with E-state index < -0.39 is 0 Å². The van der Waals surface area contributed by atoms with Gasteiger partial charge in [0.15, 0.2) is 0 Å². The minimum atomic E-state index is 0.591. The van der Waals surface area contributed by atoms with Crippen LogP contribution in [0.1, 0.15) is 11.1 Å². The molecule has 2 aromatic carbocycles. The largest absolute Gasteiger partial charge is 0.285 e. The van der Waals surface area contributed by atoms with Gasteiger partial charge in [0.25, 0.3) is 0 Å². The minimum absolute atomic E-state index is 0.591. The van der Waals surface area contributed by atoms with Gasteiger partial charge in [0, 0.05) is 5.56 Å². The zero-order valence-electron chi connectivity index (χ0n) is 8.53. The van der Waals surface area contributed by atoms with Crippen LogP contribution in [0.5, 0.6) is 0 Å². The van der Waals surface area contributed by atoms with Crippen LogP contribution in [0, 0.1) is 6.92 Å². The molecule has 0 aliphatic heterocycles. The summed E-state index contributed by atoms with van der Waals surface area (Å²) in [5, 5.41) is 0. The first-order chi connectivity index (χ1) is 7.29. The first-order valence-electron chi connectivity index (χ1n) is 4.85. The maximum absolute atomic E-state index is 10.5. The maximum Gasteiger partial charge on any atom is 0.233 e. The van der Waals surface area contributed by atoms with E-state index in [1.807, 2.05) is 24.5 Å². The number of aryl methyl sites for hydroxylation is 1. The molecule has 0 spiro atoms. The van der Waals surface area contributed by atoms with E-state index in [0.717, 1.165) is 11.1 Å². The summed E-state index contributed by atoms with van der Waals surface area (Å²) < 4.78 is 0. The molecule has 1 nitrogen and oxygen atoms in total. The van der Waals surface area contributed by atoms with Crippen LogP contribution in [0.25, 0.3) is 11.1 Å². The highest BCUT2D eigenvalue weighted by Crippen LogP contribution is 2.20. The van der Waals surface area contributed by atoms with Crippen molar-refractivity contribution in [1.82, 2.24) is 0 Å². The lowest BCUT2D eigenvalue weighted by Gasteiger charge is -2.02. The molecule has 0 aliphatic rings. The minimum Gasteiger partial charge on any atom is -0.285 e. The van der Waals surface area contributed by atoms with E-state index in [2.05, 4.69) is 31.2 Å². The van der Waals surface area contributed by atoms with Crippen LogP contribution in [0.2, 0.25) is 0 Å². The SMILES string of the molecule is Cc1ccc(-c2cccc([C]=O)c2)cc1. The fourth-order valence-corrected chi connectivity index (χ4v) is 1.51. The molecule has 0 amide bonds. The van der Waals surface area contributed by atoms with Gasteiger partial charge in [0.1, 0.15) is 0 Å². The third-order valence-corrected chi connectivity index (χ3v) is 2.37. The Morgan fingerprint density at radius 2 is 1.67 bits per heavy atom. The molecule has 2 rings (SSSR count). The van der Waals surface area contributed by atoms with Crippen molar-refractivity contribution in [1.29, 1.82) is 0 Å². The van der Waals surface area contributed by atoms with Crippen molar-refractivity contribution in [3.05, 3.63) is 59.7 Å². The van der Waals surface area contributed by atoms with Gasteiger partial charge in [-0.25, -0.2) is 0 Å². The van der Waals surface area contributed by atoms with Crippen molar-refractivity contribution in [2.24, 2.45) is 0 Å². The fraction of sp³-hybridized carbons (Fsp3) is 0.0714. The molecule has 0 atom stereocenters. The van der Waals surface area contributed by atoms with Crippen molar-refractivity contribution >= 4 is 6.29 Å². The zero-order chi connectivity index (χ0) is 10.7. The molecular weight excluding hydrogens is 184 g/mol. The molecule has 0 N–H and O–H groups in total. The highest BCUT2D eigenvalue weighted by Gasteiger charge is 1.98. The normalized spacial score (nSPS) is 9.93. The predicted molar refractivity (Wildman–Crippen MR) is 61.4 cm³/mol. The summed E-state index contributed by atoms with van der Waals surface area (Å²) >= 11 is 0. The van der Waals surface area contributed by atoms with Crippen molar-refractivity contribution in [3.63, 3.8) is 0 Å². The Morgan fingerprint density at radius 1 is 0.933 bits per heavy atom. The molecule has 15 heavy (non-hydrogen) atoms. The van der Waals surface area contributed by atoms with Crippen LogP contribution < -0.4 is 0 Å². The van der Waals surface area contributed by atoms with Crippen molar-refractivity contribution < 1.29 is 4.79 Å². The van der Waals surface area contributed by atoms with E-state index >= 15 is 0 Å². The molecule has 0 fully saturated rings. The van der Waals surface area contributed by atoms with Crippen LogP contribution in [0.3, 0.4) is 0 Å². The van der Waals surface area contributed by atoms with Gasteiger partial charge in [-0.05, 0) is 24.1 Å². The molecular formula is C14H11O. The highest BCUT2D eigenvalue weighted by atomic mass is 16.1. The Hall–Kier alpha value is -1.89. The standard InChI is InChI=1S/C14H11O/c1-11-5-7-13(8-6-11)14-4-2-3-12(9-14)10-15/h2-9H,1H3. The van der Waals surface area contributed by atoms with Gasteiger partial charge in [-0.15, -0.1) is 0 Å². The summed E-state index contributed by atoms with van der Waals surface area (Å²) in [6.45, 7) is 2.05. The van der Waals surface area contributed by atoms with Crippen molar-refractivity contribution in [2.75, 3.05) is 0 Å². The smallest absolute Gasteiger partial charge is 0.233 e. The van der Waals surface area contributed by atoms with E-state index in [9.17, 15) is 4.79 Å². The topological polar surface area (TPSA) is 17.1 Å². The fourth-order valence-electron chi connectivity index (χ4n) is 1.51. The molecule has 1 radical (unpaired) electrons. The van der Waals surface area contributed by atoms with E-state index in [1.54, 1.807) is 6.07 Å².